The number of halogens is 1. The molecule has 74 valence electrons. The molecule has 0 amide bonds. The molecule has 2 aromatic heterocycles. The molecule has 2 aromatic rings. The summed E-state index contributed by atoms with van der Waals surface area (Å²) in [6.07, 6.45) is 1.80. The van der Waals surface area contributed by atoms with Crippen LogP contribution in [-0.4, -0.2) is 9.55 Å². The maximum Gasteiger partial charge on any atom is 0.0885 e. The van der Waals surface area contributed by atoms with E-state index in [4.69, 9.17) is 5.73 Å². The molecule has 0 bridgehead atoms. The van der Waals surface area contributed by atoms with Gasteiger partial charge in [0.1, 0.15) is 0 Å². The Hall–Kier alpha value is -0.870. The van der Waals surface area contributed by atoms with E-state index in [9.17, 15) is 0 Å². The van der Waals surface area contributed by atoms with Gasteiger partial charge in [0.05, 0.1) is 11.0 Å². The minimum absolute atomic E-state index is 0.0352. The Kier molecular flexibility index (Phi) is 2.33. The fourth-order valence-electron chi connectivity index (χ4n) is 1.63. The van der Waals surface area contributed by atoms with Crippen LogP contribution in [-0.2, 0) is 7.05 Å². The Balaban J connectivity index is 2.74. The van der Waals surface area contributed by atoms with Crippen molar-refractivity contribution in [1.29, 1.82) is 0 Å². The molecule has 3 nitrogen and oxygen atoms in total. The number of aryl methyl sites for hydroxylation is 1. The number of aromatic nitrogens is 2. The highest BCUT2D eigenvalue weighted by Gasteiger charge is 2.09. The highest BCUT2D eigenvalue weighted by Crippen LogP contribution is 2.22. The molecule has 0 saturated heterocycles. The Morgan fingerprint density at radius 2 is 2.21 bits per heavy atom. The lowest BCUT2D eigenvalue weighted by molar-refractivity contribution is 0.726. The molecule has 0 aliphatic carbocycles. The topological polar surface area (TPSA) is 43.8 Å². The van der Waals surface area contributed by atoms with Crippen molar-refractivity contribution in [2.75, 3.05) is 0 Å². The minimum Gasteiger partial charge on any atom is -0.345 e. The summed E-state index contributed by atoms with van der Waals surface area (Å²) in [6, 6.07) is 4.12. The number of hydrogen-bond acceptors (Lipinski definition) is 2. The van der Waals surface area contributed by atoms with Crippen LogP contribution in [0.1, 0.15) is 18.7 Å². The van der Waals surface area contributed by atoms with Gasteiger partial charge >= 0.3 is 0 Å². The maximum atomic E-state index is 5.86. The quantitative estimate of drug-likeness (QED) is 0.848. The second kappa shape index (κ2) is 3.37. The molecule has 0 aliphatic heterocycles. The first-order chi connectivity index (χ1) is 6.59. The third kappa shape index (κ3) is 1.44. The van der Waals surface area contributed by atoms with Crippen LogP contribution in [0.2, 0.25) is 0 Å². The summed E-state index contributed by atoms with van der Waals surface area (Å²) in [5.41, 5.74) is 9.05. The molecular formula is C10H12BrN3. The van der Waals surface area contributed by atoms with Crippen molar-refractivity contribution < 1.29 is 0 Å². The molecule has 0 saturated carbocycles. The lowest BCUT2D eigenvalue weighted by atomic mass is 10.2. The van der Waals surface area contributed by atoms with Gasteiger partial charge in [-0.2, -0.15) is 0 Å². The van der Waals surface area contributed by atoms with Crippen LogP contribution in [0.5, 0.6) is 0 Å². The van der Waals surface area contributed by atoms with E-state index < -0.39 is 0 Å². The molecule has 0 fully saturated rings. The van der Waals surface area contributed by atoms with Crippen molar-refractivity contribution in [3.63, 3.8) is 0 Å². The van der Waals surface area contributed by atoms with Crippen LogP contribution in [0.15, 0.2) is 22.8 Å². The summed E-state index contributed by atoms with van der Waals surface area (Å²) in [5, 5.41) is 0. The predicted molar refractivity (Wildman–Crippen MR) is 61.0 cm³/mol. The number of fused-ring (bicyclic) bond motifs is 1. The van der Waals surface area contributed by atoms with E-state index in [1.54, 1.807) is 6.20 Å². The molecule has 0 radical (unpaired) electrons. The van der Waals surface area contributed by atoms with E-state index in [2.05, 4.69) is 25.5 Å². The average Bonchev–Trinajstić information content (AvgIpc) is 2.44. The van der Waals surface area contributed by atoms with Crippen molar-refractivity contribution in [3.05, 3.63) is 28.5 Å². The molecule has 1 unspecified atom stereocenters. The van der Waals surface area contributed by atoms with Gasteiger partial charge in [0.15, 0.2) is 0 Å². The number of rotatable bonds is 1. The monoisotopic (exact) mass is 253 g/mol. The van der Waals surface area contributed by atoms with Gasteiger partial charge in [-0.1, -0.05) is 0 Å². The first kappa shape index (κ1) is 9.68. The normalized spacial score (nSPS) is 13.4. The predicted octanol–water partition coefficient (Wildman–Crippen LogP) is 2.36. The maximum absolute atomic E-state index is 5.86. The Morgan fingerprint density at radius 1 is 1.50 bits per heavy atom. The fourth-order valence-corrected chi connectivity index (χ4v) is 1.95. The van der Waals surface area contributed by atoms with Gasteiger partial charge < -0.3 is 10.3 Å². The van der Waals surface area contributed by atoms with E-state index in [1.165, 1.54) is 0 Å². The van der Waals surface area contributed by atoms with Crippen LogP contribution >= 0.6 is 15.9 Å². The van der Waals surface area contributed by atoms with E-state index in [1.807, 2.05) is 26.1 Å². The average molecular weight is 254 g/mol. The number of nitrogens with two attached hydrogens (primary N) is 1. The lowest BCUT2D eigenvalue weighted by Gasteiger charge is -2.06. The number of pyridine rings is 1. The van der Waals surface area contributed by atoms with Crippen molar-refractivity contribution in [1.82, 2.24) is 9.55 Å². The highest BCUT2D eigenvalue weighted by atomic mass is 79.9. The Morgan fingerprint density at radius 3 is 2.86 bits per heavy atom. The van der Waals surface area contributed by atoms with Crippen LogP contribution in [0, 0.1) is 0 Å². The third-order valence-corrected chi connectivity index (χ3v) is 2.80. The molecule has 2 rings (SSSR count). The minimum atomic E-state index is 0.0352. The smallest absolute Gasteiger partial charge is 0.0885 e. The molecule has 2 heterocycles. The summed E-state index contributed by atoms with van der Waals surface area (Å²) >= 11 is 3.41. The Labute approximate surface area is 91.1 Å². The summed E-state index contributed by atoms with van der Waals surface area (Å²) in [6.45, 7) is 1.98. The molecule has 0 aliphatic rings. The molecule has 0 spiro atoms. The van der Waals surface area contributed by atoms with Crippen LogP contribution in [0.25, 0.3) is 11.0 Å². The zero-order valence-electron chi connectivity index (χ0n) is 8.16. The molecule has 0 aromatic carbocycles. The van der Waals surface area contributed by atoms with Gasteiger partial charge in [0.2, 0.25) is 0 Å². The van der Waals surface area contributed by atoms with Gasteiger partial charge in [-0.15, -0.1) is 0 Å². The van der Waals surface area contributed by atoms with Crippen LogP contribution in [0.4, 0.5) is 0 Å². The largest absolute Gasteiger partial charge is 0.345 e. The van der Waals surface area contributed by atoms with Gasteiger partial charge in [-0.3, -0.25) is 4.98 Å². The highest BCUT2D eigenvalue weighted by molar-refractivity contribution is 9.10. The summed E-state index contributed by atoms with van der Waals surface area (Å²) < 4.78 is 3.07. The second-order valence-corrected chi connectivity index (χ2v) is 4.39. The molecular weight excluding hydrogens is 242 g/mol. The van der Waals surface area contributed by atoms with E-state index in [0.29, 0.717) is 0 Å². The SMILES string of the molecule is CC(N)c1cc2ncc(Br)cc2n1C. The first-order valence-corrected chi connectivity index (χ1v) is 5.25. The van der Waals surface area contributed by atoms with E-state index in [-0.39, 0.29) is 6.04 Å². The molecule has 1 atom stereocenters. The van der Waals surface area contributed by atoms with E-state index in [0.717, 1.165) is 21.2 Å². The zero-order chi connectivity index (χ0) is 10.3. The van der Waals surface area contributed by atoms with Crippen LogP contribution < -0.4 is 5.73 Å². The third-order valence-electron chi connectivity index (χ3n) is 2.36. The Bertz CT molecular complexity index is 473. The molecule has 4 heteroatoms. The van der Waals surface area contributed by atoms with Crippen molar-refractivity contribution in [2.24, 2.45) is 12.8 Å². The number of nitrogens with zero attached hydrogens (tertiary/aromatic N) is 2. The summed E-state index contributed by atoms with van der Waals surface area (Å²) in [7, 11) is 2.01. The summed E-state index contributed by atoms with van der Waals surface area (Å²) in [4.78, 5) is 4.32. The molecule has 2 N–H and O–H groups in total. The fraction of sp³-hybridized carbons (Fsp3) is 0.300. The first-order valence-electron chi connectivity index (χ1n) is 4.46. The standard InChI is InChI=1S/C10H12BrN3/c1-6(12)9-4-8-10(14(9)2)3-7(11)5-13-8/h3-6H,12H2,1-2H3. The van der Waals surface area contributed by atoms with Crippen LogP contribution in [0.3, 0.4) is 0 Å². The zero-order valence-corrected chi connectivity index (χ0v) is 9.75. The van der Waals surface area contributed by atoms with Gasteiger partial charge in [-0.05, 0) is 35.0 Å². The summed E-state index contributed by atoms with van der Waals surface area (Å²) in [5.74, 6) is 0. The number of hydrogen-bond donors (Lipinski definition) is 1. The lowest BCUT2D eigenvalue weighted by Crippen LogP contribution is -2.09. The van der Waals surface area contributed by atoms with E-state index >= 15 is 0 Å². The second-order valence-electron chi connectivity index (χ2n) is 3.47. The van der Waals surface area contributed by atoms with Gasteiger partial charge in [0.25, 0.3) is 0 Å². The molecule has 14 heavy (non-hydrogen) atoms. The van der Waals surface area contributed by atoms with Gasteiger partial charge in [0, 0.05) is 29.5 Å². The van der Waals surface area contributed by atoms with Gasteiger partial charge in [-0.25, -0.2) is 0 Å². The van der Waals surface area contributed by atoms with Crippen molar-refractivity contribution in [2.45, 2.75) is 13.0 Å². The van der Waals surface area contributed by atoms with Crippen molar-refractivity contribution in [3.8, 4) is 0 Å². The van der Waals surface area contributed by atoms with Crippen molar-refractivity contribution >= 4 is 27.0 Å².